The number of hydrogen-bond acceptors (Lipinski definition) is 3. The summed E-state index contributed by atoms with van der Waals surface area (Å²) >= 11 is 3.40. The van der Waals surface area contributed by atoms with Crippen LogP contribution in [0.25, 0.3) is 0 Å². The molecule has 0 aliphatic carbocycles. The predicted molar refractivity (Wildman–Crippen MR) is 65.4 cm³/mol. The number of benzene rings is 1. The van der Waals surface area contributed by atoms with Crippen LogP contribution in [0.1, 0.15) is 18.0 Å². The van der Waals surface area contributed by atoms with E-state index >= 15 is 0 Å². The van der Waals surface area contributed by atoms with Gasteiger partial charge in [0.2, 0.25) is 5.91 Å². The normalized spacial score (nSPS) is 21.1. The van der Waals surface area contributed by atoms with Gasteiger partial charge in [0.15, 0.2) is 0 Å². The molecule has 1 heterocycles. The lowest BCUT2D eigenvalue weighted by atomic mass is 10.0. The van der Waals surface area contributed by atoms with Gasteiger partial charge in [-0.05, 0) is 17.7 Å². The van der Waals surface area contributed by atoms with Gasteiger partial charge in [0, 0.05) is 24.0 Å². The zero-order valence-electron chi connectivity index (χ0n) is 8.82. The fraction of sp³-hybridized carbons (Fsp3) is 0.364. The minimum Gasteiger partial charge on any atom is -0.329 e. The molecule has 1 amide bonds. The maximum Gasteiger partial charge on any atom is 0.236 e. The number of rotatable bonds is 3. The zero-order chi connectivity index (χ0) is 11.5. The zero-order valence-corrected chi connectivity index (χ0v) is 10.4. The Kier molecular flexibility index (Phi) is 3.58. The first kappa shape index (κ1) is 11.6. The van der Waals surface area contributed by atoms with Crippen molar-refractivity contribution in [2.45, 2.75) is 12.5 Å². The van der Waals surface area contributed by atoms with Crippen molar-refractivity contribution < 1.29 is 4.79 Å². The second-order valence-corrected chi connectivity index (χ2v) is 4.70. The summed E-state index contributed by atoms with van der Waals surface area (Å²) in [5.41, 5.74) is 9.47. The highest BCUT2D eigenvalue weighted by atomic mass is 79.9. The molecule has 1 saturated heterocycles. The highest BCUT2D eigenvalue weighted by Crippen LogP contribution is 2.27. The van der Waals surface area contributed by atoms with E-state index < -0.39 is 0 Å². The smallest absolute Gasteiger partial charge is 0.236 e. The van der Waals surface area contributed by atoms with E-state index in [1.807, 2.05) is 29.3 Å². The molecular formula is C11H14BrN3O. The molecule has 4 nitrogen and oxygen atoms in total. The SMILES string of the molecule is NCCN1NC(=O)CC1c1ccc(Br)cc1. The first-order valence-corrected chi connectivity index (χ1v) is 6.01. The topological polar surface area (TPSA) is 58.4 Å². The summed E-state index contributed by atoms with van der Waals surface area (Å²) in [7, 11) is 0. The third kappa shape index (κ3) is 2.42. The van der Waals surface area contributed by atoms with Crippen LogP contribution < -0.4 is 11.2 Å². The molecule has 1 aromatic carbocycles. The van der Waals surface area contributed by atoms with Gasteiger partial charge in [-0.25, -0.2) is 5.01 Å². The second kappa shape index (κ2) is 4.95. The van der Waals surface area contributed by atoms with Gasteiger partial charge in [-0.1, -0.05) is 28.1 Å². The van der Waals surface area contributed by atoms with Crippen LogP contribution in [-0.4, -0.2) is 24.0 Å². The molecule has 5 heteroatoms. The van der Waals surface area contributed by atoms with Crippen LogP contribution in [0.4, 0.5) is 0 Å². The van der Waals surface area contributed by atoms with E-state index in [4.69, 9.17) is 5.73 Å². The summed E-state index contributed by atoms with van der Waals surface area (Å²) in [5.74, 6) is 0.0568. The Morgan fingerprint density at radius 2 is 2.12 bits per heavy atom. The number of hydrogen-bond donors (Lipinski definition) is 2. The number of carbonyl (C=O) groups is 1. The molecule has 0 radical (unpaired) electrons. The van der Waals surface area contributed by atoms with E-state index in [0.29, 0.717) is 19.5 Å². The van der Waals surface area contributed by atoms with E-state index in [9.17, 15) is 4.79 Å². The van der Waals surface area contributed by atoms with Crippen molar-refractivity contribution in [3.63, 3.8) is 0 Å². The summed E-state index contributed by atoms with van der Waals surface area (Å²) in [6, 6.07) is 8.12. The molecule has 1 aliphatic rings. The van der Waals surface area contributed by atoms with Crippen molar-refractivity contribution >= 4 is 21.8 Å². The molecule has 16 heavy (non-hydrogen) atoms. The fourth-order valence-electron chi connectivity index (χ4n) is 1.90. The third-order valence-corrected chi connectivity index (χ3v) is 3.18. The van der Waals surface area contributed by atoms with Gasteiger partial charge in [0.1, 0.15) is 0 Å². The summed E-state index contributed by atoms with van der Waals surface area (Å²) in [5, 5.41) is 1.91. The number of amides is 1. The lowest BCUT2D eigenvalue weighted by Gasteiger charge is -2.22. The van der Waals surface area contributed by atoms with Crippen molar-refractivity contribution in [2.75, 3.05) is 13.1 Å². The lowest BCUT2D eigenvalue weighted by molar-refractivity contribution is -0.120. The van der Waals surface area contributed by atoms with Crippen molar-refractivity contribution in [1.82, 2.24) is 10.4 Å². The second-order valence-electron chi connectivity index (χ2n) is 3.79. The molecule has 0 bridgehead atoms. The van der Waals surface area contributed by atoms with Crippen LogP contribution in [0.3, 0.4) is 0 Å². The van der Waals surface area contributed by atoms with E-state index in [2.05, 4.69) is 21.4 Å². The monoisotopic (exact) mass is 283 g/mol. The Bertz CT molecular complexity index is 379. The molecule has 0 aromatic heterocycles. The molecular weight excluding hydrogens is 270 g/mol. The molecule has 1 fully saturated rings. The van der Waals surface area contributed by atoms with Gasteiger partial charge in [-0.3, -0.25) is 10.2 Å². The van der Waals surface area contributed by atoms with Crippen molar-refractivity contribution in [3.05, 3.63) is 34.3 Å². The van der Waals surface area contributed by atoms with Crippen molar-refractivity contribution in [1.29, 1.82) is 0 Å². The van der Waals surface area contributed by atoms with Crippen LogP contribution in [0, 0.1) is 0 Å². The summed E-state index contributed by atoms with van der Waals surface area (Å²) in [6.45, 7) is 1.21. The highest BCUT2D eigenvalue weighted by molar-refractivity contribution is 9.10. The van der Waals surface area contributed by atoms with Crippen LogP contribution in [0.5, 0.6) is 0 Å². The van der Waals surface area contributed by atoms with Crippen LogP contribution in [0.15, 0.2) is 28.7 Å². The Hall–Kier alpha value is -0.910. The Labute approximate surface area is 103 Å². The Balaban J connectivity index is 2.18. The van der Waals surface area contributed by atoms with Crippen molar-refractivity contribution in [3.8, 4) is 0 Å². The van der Waals surface area contributed by atoms with Crippen LogP contribution in [0.2, 0.25) is 0 Å². The van der Waals surface area contributed by atoms with Crippen LogP contribution in [-0.2, 0) is 4.79 Å². The number of carbonyl (C=O) groups excluding carboxylic acids is 1. The molecule has 1 atom stereocenters. The molecule has 1 unspecified atom stereocenters. The number of halogens is 1. The maximum atomic E-state index is 11.4. The summed E-state index contributed by atoms with van der Waals surface area (Å²) in [6.07, 6.45) is 0.502. The Morgan fingerprint density at radius 3 is 2.75 bits per heavy atom. The minimum atomic E-state index is 0.0568. The van der Waals surface area contributed by atoms with Gasteiger partial charge in [-0.15, -0.1) is 0 Å². The number of hydrazine groups is 1. The molecule has 3 N–H and O–H groups in total. The van der Waals surface area contributed by atoms with E-state index in [1.54, 1.807) is 0 Å². The molecule has 1 aromatic rings. The van der Waals surface area contributed by atoms with E-state index in [-0.39, 0.29) is 11.9 Å². The largest absolute Gasteiger partial charge is 0.329 e. The average Bonchev–Trinajstić information content (AvgIpc) is 2.61. The first-order valence-electron chi connectivity index (χ1n) is 5.22. The quantitative estimate of drug-likeness (QED) is 0.876. The third-order valence-electron chi connectivity index (χ3n) is 2.65. The Morgan fingerprint density at radius 1 is 1.44 bits per heavy atom. The molecule has 1 aliphatic heterocycles. The number of nitrogens with zero attached hydrogens (tertiary/aromatic N) is 1. The predicted octanol–water partition coefficient (Wildman–Crippen LogP) is 1.19. The molecule has 86 valence electrons. The number of nitrogens with two attached hydrogens (primary N) is 1. The standard InChI is InChI=1S/C11H14BrN3O/c12-9-3-1-8(2-4-9)10-7-11(16)14-15(10)6-5-13/h1-4,10H,5-7,13H2,(H,14,16). The average molecular weight is 284 g/mol. The van der Waals surface area contributed by atoms with Gasteiger partial charge >= 0.3 is 0 Å². The number of nitrogens with one attached hydrogen (secondary N) is 1. The first-order chi connectivity index (χ1) is 7.70. The van der Waals surface area contributed by atoms with E-state index in [1.165, 1.54) is 0 Å². The summed E-state index contributed by atoms with van der Waals surface area (Å²) in [4.78, 5) is 11.4. The molecule has 2 rings (SSSR count). The fourth-order valence-corrected chi connectivity index (χ4v) is 2.17. The highest BCUT2D eigenvalue weighted by Gasteiger charge is 2.30. The van der Waals surface area contributed by atoms with E-state index in [0.717, 1.165) is 10.0 Å². The minimum absolute atomic E-state index is 0.0568. The van der Waals surface area contributed by atoms with Gasteiger partial charge in [0.25, 0.3) is 0 Å². The van der Waals surface area contributed by atoms with Crippen LogP contribution >= 0.6 is 15.9 Å². The van der Waals surface area contributed by atoms with Gasteiger partial charge in [-0.2, -0.15) is 0 Å². The molecule has 0 saturated carbocycles. The maximum absolute atomic E-state index is 11.4. The summed E-state index contributed by atoms with van der Waals surface area (Å²) < 4.78 is 1.04. The molecule has 0 spiro atoms. The van der Waals surface area contributed by atoms with Gasteiger partial charge in [0.05, 0.1) is 6.04 Å². The van der Waals surface area contributed by atoms with Gasteiger partial charge < -0.3 is 5.73 Å². The lowest BCUT2D eigenvalue weighted by Crippen LogP contribution is -2.38. The van der Waals surface area contributed by atoms with Crippen molar-refractivity contribution in [2.24, 2.45) is 5.73 Å².